The van der Waals surface area contributed by atoms with Crippen LogP contribution in [-0.2, 0) is 10.9 Å². The van der Waals surface area contributed by atoms with Gasteiger partial charge in [0.2, 0.25) is 0 Å². The first-order chi connectivity index (χ1) is 17.1. The number of ether oxygens (including phenoxy) is 1. The number of aliphatic hydroxyl groups excluding tert-OH is 1. The van der Waals surface area contributed by atoms with Crippen LogP contribution in [-0.4, -0.2) is 66.9 Å². The normalized spacial score (nSPS) is 20.4. The van der Waals surface area contributed by atoms with Gasteiger partial charge in [-0.05, 0) is 36.2 Å². The molecule has 0 aliphatic carbocycles. The first kappa shape index (κ1) is 26.0. The quantitative estimate of drug-likeness (QED) is 0.491. The molecule has 3 N–H and O–H groups in total. The second-order valence-corrected chi connectivity index (χ2v) is 9.87. The number of nitrogens with one attached hydrogen (secondary N) is 2. The van der Waals surface area contributed by atoms with E-state index in [-0.39, 0.29) is 43.9 Å². The van der Waals surface area contributed by atoms with Gasteiger partial charge in [-0.2, -0.15) is 13.2 Å². The number of aliphatic hydroxyl groups is 1. The highest BCUT2D eigenvalue weighted by molar-refractivity contribution is 7.18. The van der Waals surface area contributed by atoms with Crippen molar-refractivity contribution in [3.05, 3.63) is 50.7 Å². The van der Waals surface area contributed by atoms with Gasteiger partial charge in [0.05, 0.1) is 40.5 Å². The van der Waals surface area contributed by atoms with Crippen molar-refractivity contribution >= 4 is 46.7 Å². The van der Waals surface area contributed by atoms with Crippen molar-refractivity contribution in [3.8, 4) is 0 Å². The van der Waals surface area contributed by atoms with E-state index in [1.165, 1.54) is 12.1 Å². The number of β-amino-alcohol motifs (C(OH)–C–C–N with tert-alkyl or cyclic N) is 1. The maximum atomic E-state index is 14.1. The molecule has 1 unspecified atom stereocenters. The minimum absolute atomic E-state index is 0.0242. The van der Waals surface area contributed by atoms with E-state index in [0.717, 1.165) is 27.2 Å². The van der Waals surface area contributed by atoms with E-state index in [2.05, 4.69) is 10.6 Å². The SMILES string of the molecule is O=C(NC[C@H]1CN(c2ccc(C3CCNC(=O)N3CCO)c(C(F)(F)F)c2)C(=O)O1)c1ccc(Cl)s1. The zero-order valence-electron chi connectivity index (χ0n) is 18.7. The van der Waals surface area contributed by atoms with Gasteiger partial charge in [0.15, 0.2) is 0 Å². The van der Waals surface area contributed by atoms with E-state index < -0.39 is 48.5 Å². The highest BCUT2D eigenvalue weighted by Crippen LogP contribution is 2.40. The summed E-state index contributed by atoms with van der Waals surface area (Å²) in [4.78, 5) is 39.4. The van der Waals surface area contributed by atoms with Gasteiger partial charge in [-0.1, -0.05) is 17.7 Å². The number of rotatable bonds is 7. The third-order valence-electron chi connectivity index (χ3n) is 5.85. The Kier molecular flexibility index (Phi) is 7.62. The third-order valence-corrected chi connectivity index (χ3v) is 7.08. The highest BCUT2D eigenvalue weighted by atomic mass is 35.5. The third kappa shape index (κ3) is 5.52. The van der Waals surface area contributed by atoms with Crippen LogP contribution in [0.3, 0.4) is 0 Å². The van der Waals surface area contributed by atoms with Gasteiger partial charge in [-0.25, -0.2) is 9.59 Å². The van der Waals surface area contributed by atoms with Crippen LogP contribution in [0.5, 0.6) is 0 Å². The number of thiophene rings is 1. The Morgan fingerprint density at radius 2 is 2.06 bits per heavy atom. The number of benzene rings is 1. The smallest absolute Gasteiger partial charge is 0.416 e. The maximum absolute atomic E-state index is 14.1. The first-order valence-corrected chi connectivity index (χ1v) is 12.2. The molecular formula is C22H22ClF3N4O5S. The summed E-state index contributed by atoms with van der Waals surface area (Å²) in [6.07, 6.45) is -6.15. The molecule has 2 fully saturated rings. The number of cyclic esters (lactones) is 1. The lowest BCUT2D eigenvalue weighted by Crippen LogP contribution is -2.49. The fourth-order valence-electron chi connectivity index (χ4n) is 4.22. The average Bonchev–Trinajstić information content (AvgIpc) is 3.43. The maximum Gasteiger partial charge on any atom is 0.416 e. The Labute approximate surface area is 212 Å². The van der Waals surface area contributed by atoms with Crippen molar-refractivity contribution in [2.24, 2.45) is 0 Å². The molecule has 0 radical (unpaired) electrons. The Balaban J connectivity index is 1.52. The molecule has 0 spiro atoms. The van der Waals surface area contributed by atoms with Crippen molar-refractivity contribution in [3.63, 3.8) is 0 Å². The summed E-state index contributed by atoms with van der Waals surface area (Å²) >= 11 is 6.91. The van der Waals surface area contributed by atoms with Crippen LogP contribution < -0.4 is 15.5 Å². The molecule has 2 atom stereocenters. The predicted octanol–water partition coefficient (Wildman–Crippen LogP) is 3.62. The standard InChI is InChI=1S/C22H22ClF3N4O5S/c23-18-4-3-17(36-18)19(32)28-10-13-11-30(21(34)35-13)12-1-2-14(15(9-12)22(24,25)26)16-5-6-27-20(33)29(16)7-8-31/h1-4,9,13,16,31H,5-8,10-11H2,(H,27,33)(H,28,32)/t13-,16?/m0/s1. The number of anilines is 1. The molecule has 9 nitrogen and oxygen atoms in total. The van der Waals surface area contributed by atoms with E-state index in [9.17, 15) is 32.7 Å². The number of hydrogen-bond donors (Lipinski definition) is 3. The summed E-state index contributed by atoms with van der Waals surface area (Å²) < 4.78 is 47.9. The summed E-state index contributed by atoms with van der Waals surface area (Å²) in [5.74, 6) is -0.408. The second kappa shape index (κ2) is 10.5. The number of hydrogen-bond acceptors (Lipinski definition) is 6. The summed E-state index contributed by atoms with van der Waals surface area (Å²) in [7, 11) is 0. The zero-order valence-corrected chi connectivity index (χ0v) is 20.3. The van der Waals surface area contributed by atoms with Gasteiger partial charge in [0.25, 0.3) is 5.91 Å². The minimum Gasteiger partial charge on any atom is -0.442 e. The fourth-order valence-corrected chi connectivity index (χ4v) is 5.18. The number of nitrogens with zero attached hydrogens (tertiary/aromatic N) is 2. The predicted molar refractivity (Wildman–Crippen MR) is 125 cm³/mol. The molecule has 3 heterocycles. The van der Waals surface area contributed by atoms with Crippen LogP contribution in [0.2, 0.25) is 4.34 Å². The van der Waals surface area contributed by atoms with Gasteiger partial charge in [-0.15, -0.1) is 11.3 Å². The van der Waals surface area contributed by atoms with Crippen molar-refractivity contribution in [2.75, 3.05) is 37.7 Å². The monoisotopic (exact) mass is 546 g/mol. The molecule has 1 aromatic carbocycles. The summed E-state index contributed by atoms with van der Waals surface area (Å²) in [6.45, 7) is -0.439. The Hall–Kier alpha value is -3.03. The highest BCUT2D eigenvalue weighted by Gasteiger charge is 2.40. The fraction of sp³-hybridized carbons (Fsp3) is 0.409. The van der Waals surface area contributed by atoms with Crippen molar-refractivity contribution in [2.45, 2.75) is 24.7 Å². The molecule has 2 aromatic rings. The first-order valence-electron chi connectivity index (χ1n) is 11.0. The van der Waals surface area contributed by atoms with Crippen LogP contribution in [0, 0.1) is 0 Å². The molecule has 0 bridgehead atoms. The van der Waals surface area contributed by atoms with E-state index in [0.29, 0.717) is 9.21 Å². The van der Waals surface area contributed by atoms with Gasteiger partial charge < -0.3 is 25.4 Å². The van der Waals surface area contributed by atoms with E-state index in [1.54, 1.807) is 12.1 Å². The zero-order chi connectivity index (χ0) is 26.0. The lowest BCUT2D eigenvalue weighted by molar-refractivity contribution is -0.138. The van der Waals surface area contributed by atoms with Crippen LogP contribution in [0.4, 0.5) is 28.4 Å². The molecular weight excluding hydrogens is 525 g/mol. The lowest BCUT2D eigenvalue weighted by Gasteiger charge is -2.37. The van der Waals surface area contributed by atoms with E-state index >= 15 is 0 Å². The van der Waals surface area contributed by atoms with Crippen LogP contribution in [0.1, 0.15) is 33.3 Å². The molecule has 2 aliphatic heterocycles. The van der Waals surface area contributed by atoms with Crippen LogP contribution >= 0.6 is 22.9 Å². The molecule has 36 heavy (non-hydrogen) atoms. The Morgan fingerprint density at radius 3 is 2.72 bits per heavy atom. The van der Waals surface area contributed by atoms with Gasteiger partial charge in [-0.3, -0.25) is 9.69 Å². The van der Waals surface area contributed by atoms with Gasteiger partial charge in [0.1, 0.15) is 6.10 Å². The summed E-state index contributed by atoms with van der Waals surface area (Å²) in [5, 5.41) is 14.5. The Morgan fingerprint density at radius 1 is 1.28 bits per heavy atom. The molecule has 1 aromatic heterocycles. The number of alkyl halides is 3. The van der Waals surface area contributed by atoms with Crippen LogP contribution in [0.15, 0.2) is 30.3 Å². The van der Waals surface area contributed by atoms with Crippen LogP contribution in [0.25, 0.3) is 0 Å². The van der Waals surface area contributed by atoms with Gasteiger partial charge in [0, 0.05) is 18.8 Å². The summed E-state index contributed by atoms with van der Waals surface area (Å²) in [5.41, 5.74) is -1.13. The average molecular weight is 547 g/mol. The van der Waals surface area contributed by atoms with Crippen molar-refractivity contribution in [1.29, 1.82) is 0 Å². The summed E-state index contributed by atoms with van der Waals surface area (Å²) in [6, 6.07) is 5.13. The molecule has 14 heteroatoms. The largest absolute Gasteiger partial charge is 0.442 e. The van der Waals surface area contributed by atoms with Crippen molar-refractivity contribution in [1.82, 2.24) is 15.5 Å². The minimum atomic E-state index is -4.76. The number of urea groups is 1. The Bertz CT molecular complexity index is 1160. The van der Waals surface area contributed by atoms with Gasteiger partial charge >= 0.3 is 18.3 Å². The molecule has 0 saturated carbocycles. The number of carbonyl (C=O) groups is 3. The van der Waals surface area contributed by atoms with E-state index in [4.69, 9.17) is 16.3 Å². The number of halogens is 4. The lowest BCUT2D eigenvalue weighted by atomic mass is 9.94. The topological polar surface area (TPSA) is 111 Å². The number of carbonyl (C=O) groups excluding carboxylic acids is 3. The van der Waals surface area contributed by atoms with Crippen molar-refractivity contribution < 1.29 is 37.4 Å². The number of amides is 4. The van der Waals surface area contributed by atoms with E-state index in [1.807, 2.05) is 0 Å². The molecule has 2 saturated heterocycles. The molecule has 2 aliphatic rings. The second-order valence-electron chi connectivity index (χ2n) is 8.15. The molecule has 4 amide bonds. The molecule has 194 valence electrons. The molecule has 4 rings (SSSR count).